The molecule has 0 aromatic carbocycles. The highest BCUT2D eigenvalue weighted by molar-refractivity contribution is 6.05. The van der Waals surface area contributed by atoms with E-state index in [1.807, 2.05) is 27.7 Å². The zero-order valence-electron chi connectivity index (χ0n) is 16.0. The summed E-state index contributed by atoms with van der Waals surface area (Å²) in [5, 5.41) is 4.93. The number of fused-ring (bicyclic) bond motifs is 1. The first-order valence-electron chi connectivity index (χ1n) is 9.33. The second-order valence-electron chi connectivity index (χ2n) is 7.80. The van der Waals surface area contributed by atoms with Crippen LogP contribution in [0, 0.1) is 5.92 Å². The Kier molecular flexibility index (Phi) is 5.18. The van der Waals surface area contributed by atoms with Gasteiger partial charge in [0, 0.05) is 24.8 Å². The maximum Gasteiger partial charge on any atom is 0.393 e. The summed E-state index contributed by atoms with van der Waals surface area (Å²) in [6, 6.07) is 1.77. The lowest BCUT2D eigenvalue weighted by molar-refractivity contribution is -0.184. The number of amides is 1. The number of rotatable bonds is 3. The smallest absolute Gasteiger partial charge is 0.338 e. The lowest BCUT2D eigenvalue weighted by Crippen LogP contribution is -2.44. The van der Waals surface area contributed by atoms with Gasteiger partial charge >= 0.3 is 6.18 Å². The lowest BCUT2D eigenvalue weighted by atomic mass is 9.96. The van der Waals surface area contributed by atoms with E-state index in [1.54, 1.807) is 16.9 Å². The monoisotopic (exact) mass is 382 g/mol. The summed E-state index contributed by atoms with van der Waals surface area (Å²) in [7, 11) is 0. The normalized spacial score (nSPS) is 18.7. The summed E-state index contributed by atoms with van der Waals surface area (Å²) in [4.78, 5) is 19.1. The highest BCUT2D eigenvalue weighted by Crippen LogP contribution is 2.34. The standard InChI is InChI=1S/C19H25F3N4O/c1-11(2)16-8-14(15-9-23-26(12(3)4)17(15)24-16)18(27)25-7-5-6-13(10-25)19(20,21)22/h8-9,11-13H,5-7,10H2,1-4H3. The third kappa shape index (κ3) is 3.80. The van der Waals surface area contributed by atoms with E-state index in [9.17, 15) is 18.0 Å². The van der Waals surface area contributed by atoms with E-state index >= 15 is 0 Å². The van der Waals surface area contributed by atoms with Crippen molar-refractivity contribution in [1.82, 2.24) is 19.7 Å². The van der Waals surface area contributed by atoms with Gasteiger partial charge in [-0.05, 0) is 38.7 Å². The van der Waals surface area contributed by atoms with Gasteiger partial charge in [-0.3, -0.25) is 4.79 Å². The summed E-state index contributed by atoms with van der Waals surface area (Å²) in [6.45, 7) is 7.93. The van der Waals surface area contributed by atoms with E-state index in [0.717, 1.165) is 5.69 Å². The van der Waals surface area contributed by atoms with Gasteiger partial charge in [0.25, 0.3) is 5.91 Å². The van der Waals surface area contributed by atoms with Crippen molar-refractivity contribution in [2.75, 3.05) is 13.1 Å². The first-order valence-corrected chi connectivity index (χ1v) is 9.33. The van der Waals surface area contributed by atoms with Crippen molar-refractivity contribution < 1.29 is 18.0 Å². The zero-order valence-corrected chi connectivity index (χ0v) is 16.0. The van der Waals surface area contributed by atoms with Gasteiger partial charge in [0.1, 0.15) is 0 Å². The Labute approximate surface area is 156 Å². The molecule has 148 valence electrons. The number of nitrogens with zero attached hydrogens (tertiary/aromatic N) is 4. The van der Waals surface area contributed by atoms with Crippen LogP contribution in [0.2, 0.25) is 0 Å². The van der Waals surface area contributed by atoms with Gasteiger partial charge < -0.3 is 4.90 Å². The van der Waals surface area contributed by atoms with Gasteiger partial charge in [-0.1, -0.05) is 13.8 Å². The van der Waals surface area contributed by atoms with Crippen molar-refractivity contribution >= 4 is 16.9 Å². The number of aromatic nitrogens is 3. The first-order chi connectivity index (χ1) is 12.6. The summed E-state index contributed by atoms with van der Waals surface area (Å²) < 4.78 is 41.1. The fourth-order valence-electron chi connectivity index (χ4n) is 3.49. The molecule has 3 rings (SSSR count). The van der Waals surface area contributed by atoms with Crippen LogP contribution in [0.5, 0.6) is 0 Å². The van der Waals surface area contributed by atoms with E-state index in [0.29, 0.717) is 29.6 Å². The maximum absolute atomic E-state index is 13.1. The molecule has 0 spiro atoms. The third-order valence-electron chi connectivity index (χ3n) is 5.07. The predicted octanol–water partition coefficient (Wildman–Crippen LogP) is 4.55. The van der Waals surface area contributed by atoms with Gasteiger partial charge in [-0.2, -0.15) is 18.3 Å². The van der Waals surface area contributed by atoms with Gasteiger partial charge in [0.15, 0.2) is 5.65 Å². The number of carbonyl (C=O) groups is 1. The molecule has 1 amide bonds. The second kappa shape index (κ2) is 7.13. The molecule has 0 radical (unpaired) electrons. The number of halogens is 3. The van der Waals surface area contributed by atoms with E-state index in [2.05, 4.69) is 10.1 Å². The van der Waals surface area contributed by atoms with Crippen LogP contribution in [0.3, 0.4) is 0 Å². The molecule has 1 unspecified atom stereocenters. The molecule has 0 aliphatic carbocycles. The summed E-state index contributed by atoms with van der Waals surface area (Å²) in [6.07, 6.45) is -2.27. The molecule has 27 heavy (non-hydrogen) atoms. The summed E-state index contributed by atoms with van der Waals surface area (Å²) in [5.74, 6) is -1.75. The molecule has 5 nitrogen and oxygen atoms in total. The lowest BCUT2D eigenvalue weighted by Gasteiger charge is -2.34. The minimum Gasteiger partial charge on any atom is -0.338 e. The maximum atomic E-state index is 13.1. The molecule has 1 atom stereocenters. The van der Waals surface area contributed by atoms with Gasteiger partial charge in [-0.15, -0.1) is 0 Å². The predicted molar refractivity (Wildman–Crippen MR) is 96.7 cm³/mol. The molecular weight excluding hydrogens is 357 g/mol. The largest absolute Gasteiger partial charge is 0.393 e. The molecule has 0 bridgehead atoms. The molecule has 1 saturated heterocycles. The van der Waals surface area contributed by atoms with E-state index < -0.39 is 12.1 Å². The minimum atomic E-state index is -4.28. The van der Waals surface area contributed by atoms with Gasteiger partial charge in [0.05, 0.1) is 23.1 Å². The highest BCUT2D eigenvalue weighted by atomic mass is 19.4. The number of piperidine rings is 1. The van der Waals surface area contributed by atoms with Crippen molar-refractivity contribution in [3.63, 3.8) is 0 Å². The van der Waals surface area contributed by atoms with Crippen LogP contribution in [-0.2, 0) is 0 Å². The quantitative estimate of drug-likeness (QED) is 0.783. The van der Waals surface area contributed by atoms with Crippen molar-refractivity contribution in [3.8, 4) is 0 Å². The average molecular weight is 382 g/mol. The van der Waals surface area contributed by atoms with E-state index in [4.69, 9.17) is 0 Å². The number of alkyl halides is 3. The first kappa shape index (κ1) is 19.6. The van der Waals surface area contributed by atoms with Crippen LogP contribution in [-0.4, -0.2) is 44.8 Å². The molecule has 2 aromatic rings. The van der Waals surface area contributed by atoms with Crippen LogP contribution in [0.4, 0.5) is 13.2 Å². The molecule has 1 aliphatic rings. The Bertz CT molecular complexity index is 841. The molecular formula is C19H25F3N4O. The Morgan fingerprint density at radius 2 is 1.96 bits per heavy atom. The number of carbonyl (C=O) groups excluding carboxylic acids is 1. The molecule has 0 N–H and O–H groups in total. The van der Waals surface area contributed by atoms with Crippen LogP contribution < -0.4 is 0 Å². The number of pyridine rings is 1. The molecule has 1 fully saturated rings. The van der Waals surface area contributed by atoms with Crippen molar-refractivity contribution in [2.24, 2.45) is 5.92 Å². The van der Waals surface area contributed by atoms with Crippen molar-refractivity contribution in [3.05, 3.63) is 23.5 Å². The molecule has 1 aliphatic heterocycles. The molecule has 2 aromatic heterocycles. The Balaban J connectivity index is 2.03. The van der Waals surface area contributed by atoms with Crippen molar-refractivity contribution in [2.45, 2.75) is 58.7 Å². The minimum absolute atomic E-state index is 0.0601. The number of hydrogen-bond donors (Lipinski definition) is 0. The van der Waals surface area contributed by atoms with Gasteiger partial charge in [-0.25, -0.2) is 9.67 Å². The van der Waals surface area contributed by atoms with Crippen LogP contribution in [0.1, 0.15) is 68.5 Å². The second-order valence-corrected chi connectivity index (χ2v) is 7.80. The molecule has 8 heteroatoms. The number of likely N-dealkylation sites (tertiary alicyclic amines) is 1. The van der Waals surface area contributed by atoms with Crippen molar-refractivity contribution in [1.29, 1.82) is 0 Å². The zero-order chi connectivity index (χ0) is 19.9. The fourth-order valence-corrected chi connectivity index (χ4v) is 3.49. The topological polar surface area (TPSA) is 51.0 Å². The average Bonchev–Trinajstić information content (AvgIpc) is 3.03. The van der Waals surface area contributed by atoms with Crippen LogP contribution >= 0.6 is 0 Å². The van der Waals surface area contributed by atoms with Gasteiger partial charge in [0.2, 0.25) is 0 Å². The SMILES string of the molecule is CC(C)c1cc(C(=O)N2CCCC(C(F)(F)F)C2)c2cnn(C(C)C)c2n1. The Hall–Kier alpha value is -2.12. The molecule has 3 heterocycles. The van der Waals surface area contributed by atoms with E-state index in [-0.39, 0.29) is 30.8 Å². The molecule has 0 saturated carbocycles. The highest BCUT2D eigenvalue weighted by Gasteiger charge is 2.43. The van der Waals surface area contributed by atoms with E-state index in [1.165, 1.54) is 4.90 Å². The Morgan fingerprint density at radius 1 is 1.26 bits per heavy atom. The summed E-state index contributed by atoms with van der Waals surface area (Å²) in [5.41, 5.74) is 1.72. The summed E-state index contributed by atoms with van der Waals surface area (Å²) >= 11 is 0. The Morgan fingerprint density at radius 3 is 2.56 bits per heavy atom. The van der Waals surface area contributed by atoms with Crippen LogP contribution in [0.25, 0.3) is 11.0 Å². The third-order valence-corrected chi connectivity index (χ3v) is 5.07. The fraction of sp³-hybridized carbons (Fsp3) is 0.632. The van der Waals surface area contributed by atoms with Crippen LogP contribution in [0.15, 0.2) is 12.3 Å². The number of hydrogen-bond acceptors (Lipinski definition) is 3.